The van der Waals surface area contributed by atoms with Crippen molar-refractivity contribution < 1.29 is 14.8 Å². The molecular weight excluding hydrogens is 276 g/mol. The number of aromatic nitrogens is 2. The third kappa shape index (κ3) is 3.32. The van der Waals surface area contributed by atoms with Crippen molar-refractivity contribution in [3.8, 4) is 0 Å². The highest BCUT2D eigenvalue weighted by Gasteiger charge is 2.33. The Balaban J connectivity index is 3.18. The fourth-order valence-electron chi connectivity index (χ4n) is 1.93. The fraction of sp³-hybridized carbons (Fsp3) is 0.692. The van der Waals surface area contributed by atoms with Gasteiger partial charge in [0.2, 0.25) is 5.82 Å². The number of aryl methyl sites for hydroxylation is 1. The zero-order valence-electron chi connectivity index (χ0n) is 13.0. The molecule has 1 aromatic heterocycles. The molecule has 0 saturated carbocycles. The Hall–Kier alpha value is -2.12. The number of carbonyl (C=O) groups is 1. The van der Waals surface area contributed by atoms with Crippen LogP contribution in [-0.2, 0) is 4.79 Å². The van der Waals surface area contributed by atoms with Gasteiger partial charge in [0, 0.05) is 12.6 Å². The number of rotatable bonds is 7. The van der Waals surface area contributed by atoms with Crippen molar-refractivity contribution in [2.45, 2.75) is 47.1 Å². The lowest BCUT2D eigenvalue weighted by Crippen LogP contribution is -2.35. The zero-order chi connectivity index (χ0) is 16.4. The second kappa shape index (κ2) is 6.11. The molecule has 1 unspecified atom stereocenters. The number of anilines is 1. The first-order chi connectivity index (χ1) is 9.64. The van der Waals surface area contributed by atoms with Crippen molar-refractivity contribution in [1.82, 2.24) is 9.78 Å². The maximum absolute atomic E-state index is 11.3. The quantitative estimate of drug-likeness (QED) is 0.591. The van der Waals surface area contributed by atoms with Crippen LogP contribution in [0.2, 0.25) is 0 Å². The zero-order valence-corrected chi connectivity index (χ0v) is 13.0. The van der Waals surface area contributed by atoms with Gasteiger partial charge in [-0.3, -0.25) is 14.9 Å². The maximum Gasteiger partial charge on any atom is 0.333 e. The molecule has 0 aliphatic heterocycles. The van der Waals surface area contributed by atoms with E-state index in [9.17, 15) is 20.0 Å². The third-order valence-corrected chi connectivity index (χ3v) is 3.67. The van der Waals surface area contributed by atoms with Crippen molar-refractivity contribution in [3.05, 3.63) is 15.8 Å². The Morgan fingerprint density at radius 1 is 1.57 bits per heavy atom. The summed E-state index contributed by atoms with van der Waals surface area (Å²) < 4.78 is 1.52. The van der Waals surface area contributed by atoms with Crippen LogP contribution in [0.3, 0.4) is 0 Å². The summed E-state index contributed by atoms with van der Waals surface area (Å²) in [4.78, 5) is 22.0. The lowest BCUT2D eigenvalue weighted by Gasteiger charge is -2.24. The van der Waals surface area contributed by atoms with Gasteiger partial charge < -0.3 is 10.4 Å². The van der Waals surface area contributed by atoms with Gasteiger partial charge in [-0.05, 0) is 34.1 Å². The van der Waals surface area contributed by atoms with E-state index >= 15 is 0 Å². The average Bonchev–Trinajstić information content (AvgIpc) is 2.72. The number of aliphatic carboxylic acids is 1. The monoisotopic (exact) mass is 298 g/mol. The van der Waals surface area contributed by atoms with E-state index in [1.165, 1.54) is 4.68 Å². The second-order valence-electron chi connectivity index (χ2n) is 5.65. The highest BCUT2D eigenvalue weighted by Crippen LogP contribution is 2.32. The van der Waals surface area contributed by atoms with Crippen molar-refractivity contribution in [1.29, 1.82) is 0 Å². The number of nitrogens with zero attached hydrogens (tertiary/aromatic N) is 3. The van der Waals surface area contributed by atoms with E-state index in [1.54, 1.807) is 20.8 Å². The number of nitro groups is 1. The number of carboxylic acid groups (broad SMARTS) is 1. The molecule has 0 spiro atoms. The van der Waals surface area contributed by atoms with E-state index < -0.39 is 16.3 Å². The Bertz CT molecular complexity index is 553. The summed E-state index contributed by atoms with van der Waals surface area (Å²) in [5.41, 5.74) is -0.786. The maximum atomic E-state index is 11.3. The Labute approximate surface area is 123 Å². The first-order valence-electron chi connectivity index (χ1n) is 6.84. The van der Waals surface area contributed by atoms with Gasteiger partial charge in [-0.1, -0.05) is 6.92 Å². The Morgan fingerprint density at radius 2 is 2.14 bits per heavy atom. The SMILES string of the molecule is CCC(C)(CNc1c([N+](=O)[O-])c(C)nn1C(C)C)C(=O)O. The van der Waals surface area contributed by atoms with Crippen molar-refractivity contribution in [2.75, 3.05) is 11.9 Å². The summed E-state index contributed by atoms with van der Waals surface area (Å²) in [6, 6.07) is -0.0717. The lowest BCUT2D eigenvalue weighted by atomic mass is 9.88. The van der Waals surface area contributed by atoms with Crippen LogP contribution in [0.1, 0.15) is 45.9 Å². The number of carboxylic acids is 1. The molecule has 0 saturated heterocycles. The van der Waals surface area contributed by atoms with Crippen LogP contribution in [0.15, 0.2) is 0 Å². The van der Waals surface area contributed by atoms with E-state index in [0.717, 1.165) is 0 Å². The minimum atomic E-state index is -0.992. The van der Waals surface area contributed by atoms with Crippen molar-refractivity contribution >= 4 is 17.5 Å². The van der Waals surface area contributed by atoms with Crippen LogP contribution in [0.5, 0.6) is 0 Å². The molecule has 0 radical (unpaired) electrons. The molecular formula is C13H22N4O4. The fourth-order valence-corrected chi connectivity index (χ4v) is 1.93. The largest absolute Gasteiger partial charge is 0.481 e. The van der Waals surface area contributed by atoms with E-state index in [-0.39, 0.29) is 24.1 Å². The lowest BCUT2D eigenvalue weighted by molar-refractivity contribution is -0.384. The van der Waals surface area contributed by atoms with Gasteiger partial charge in [0.05, 0.1) is 10.3 Å². The standard InChI is InChI=1S/C13H22N4O4/c1-6-13(5,12(18)19)7-14-11-10(17(20)21)9(4)15-16(11)8(2)3/h8,14H,6-7H2,1-5H3,(H,18,19). The van der Waals surface area contributed by atoms with Gasteiger partial charge in [0.15, 0.2) is 0 Å². The smallest absolute Gasteiger partial charge is 0.333 e. The van der Waals surface area contributed by atoms with Gasteiger partial charge in [0.25, 0.3) is 0 Å². The molecule has 0 bridgehead atoms. The molecule has 0 aliphatic rings. The number of nitrogens with one attached hydrogen (secondary N) is 1. The van der Waals surface area contributed by atoms with Crippen LogP contribution < -0.4 is 5.32 Å². The molecule has 1 heterocycles. The Morgan fingerprint density at radius 3 is 2.52 bits per heavy atom. The van der Waals surface area contributed by atoms with Gasteiger partial charge in [-0.2, -0.15) is 5.10 Å². The Kier molecular flexibility index (Phi) is 4.93. The first-order valence-corrected chi connectivity index (χ1v) is 6.84. The highest BCUT2D eigenvalue weighted by atomic mass is 16.6. The summed E-state index contributed by atoms with van der Waals surface area (Å²) in [5.74, 6) is -0.680. The molecule has 0 amide bonds. The molecule has 1 aromatic rings. The van der Waals surface area contributed by atoms with Gasteiger partial charge in [-0.25, -0.2) is 4.68 Å². The van der Waals surface area contributed by atoms with Gasteiger partial charge in [-0.15, -0.1) is 0 Å². The molecule has 0 aromatic carbocycles. The minimum Gasteiger partial charge on any atom is -0.481 e. The summed E-state index contributed by atoms with van der Waals surface area (Å²) in [5, 5.41) is 27.6. The van der Waals surface area contributed by atoms with Crippen LogP contribution in [0.4, 0.5) is 11.5 Å². The average molecular weight is 298 g/mol. The third-order valence-electron chi connectivity index (χ3n) is 3.67. The minimum absolute atomic E-state index is 0.0717. The molecule has 8 heteroatoms. The second-order valence-corrected chi connectivity index (χ2v) is 5.65. The van der Waals surface area contributed by atoms with E-state index in [1.807, 2.05) is 13.8 Å². The van der Waals surface area contributed by atoms with Crippen LogP contribution in [0, 0.1) is 22.5 Å². The van der Waals surface area contributed by atoms with Gasteiger partial charge >= 0.3 is 11.7 Å². The van der Waals surface area contributed by atoms with Crippen LogP contribution in [0.25, 0.3) is 0 Å². The van der Waals surface area contributed by atoms with E-state index in [4.69, 9.17) is 0 Å². The molecule has 118 valence electrons. The number of hydrogen-bond donors (Lipinski definition) is 2. The summed E-state index contributed by atoms with van der Waals surface area (Å²) >= 11 is 0. The van der Waals surface area contributed by atoms with Crippen molar-refractivity contribution in [2.24, 2.45) is 5.41 Å². The topological polar surface area (TPSA) is 110 Å². The van der Waals surface area contributed by atoms with Crippen molar-refractivity contribution in [3.63, 3.8) is 0 Å². The normalized spacial score (nSPS) is 14.0. The summed E-state index contributed by atoms with van der Waals surface area (Å²) in [6.45, 7) is 8.76. The molecule has 8 nitrogen and oxygen atoms in total. The predicted octanol–water partition coefficient (Wildman–Crippen LogP) is 2.59. The van der Waals surface area contributed by atoms with Crippen LogP contribution in [-0.4, -0.2) is 32.3 Å². The predicted molar refractivity (Wildman–Crippen MR) is 78.5 cm³/mol. The van der Waals surface area contributed by atoms with E-state index in [2.05, 4.69) is 10.4 Å². The molecule has 21 heavy (non-hydrogen) atoms. The highest BCUT2D eigenvalue weighted by molar-refractivity contribution is 5.75. The summed E-state index contributed by atoms with van der Waals surface area (Å²) in [7, 11) is 0. The molecule has 1 atom stereocenters. The molecule has 0 fully saturated rings. The first kappa shape index (κ1) is 16.9. The van der Waals surface area contributed by atoms with E-state index in [0.29, 0.717) is 12.1 Å². The summed E-state index contributed by atoms with van der Waals surface area (Å²) in [6.07, 6.45) is 0.415. The molecule has 2 N–H and O–H groups in total. The van der Waals surface area contributed by atoms with Gasteiger partial charge in [0.1, 0.15) is 5.69 Å². The molecule has 0 aliphatic carbocycles. The molecule has 1 rings (SSSR count). The van der Waals surface area contributed by atoms with Crippen LogP contribution >= 0.6 is 0 Å². The number of hydrogen-bond acceptors (Lipinski definition) is 5.